The average Bonchev–Trinajstić information content (AvgIpc) is 2.99. The number of hydrogen-bond donors (Lipinski definition) is 1. The van der Waals surface area contributed by atoms with Crippen LogP contribution in [0.15, 0.2) is 84.1 Å². The second-order valence-corrected chi connectivity index (χ2v) is 9.79. The molecule has 1 N–H and O–H groups in total. The molecular formula is C30H29FN2O2. The first-order valence-corrected chi connectivity index (χ1v) is 12.1. The van der Waals surface area contributed by atoms with Gasteiger partial charge in [-0.3, -0.25) is 14.5 Å². The minimum absolute atomic E-state index is 0.00742. The van der Waals surface area contributed by atoms with Gasteiger partial charge in [0.25, 0.3) is 0 Å². The predicted octanol–water partition coefficient (Wildman–Crippen LogP) is 6.69. The zero-order valence-electron chi connectivity index (χ0n) is 20.2. The summed E-state index contributed by atoms with van der Waals surface area (Å²) in [6.07, 6.45) is 1.01. The maximum Gasteiger partial charge on any atom is 0.230 e. The molecule has 3 aromatic rings. The highest BCUT2D eigenvalue weighted by Gasteiger charge is 2.42. The number of hydrogen-bond acceptors (Lipinski definition) is 3. The van der Waals surface area contributed by atoms with Crippen molar-refractivity contribution >= 4 is 23.1 Å². The molecule has 5 heteroatoms. The van der Waals surface area contributed by atoms with Crippen LogP contribution >= 0.6 is 0 Å². The van der Waals surface area contributed by atoms with Crippen LogP contribution in [0.25, 0.3) is 0 Å². The molecule has 2 atom stereocenters. The first-order valence-electron chi connectivity index (χ1n) is 12.1. The van der Waals surface area contributed by atoms with Crippen LogP contribution < -0.4 is 10.2 Å². The lowest BCUT2D eigenvalue weighted by Gasteiger charge is -2.36. The fourth-order valence-corrected chi connectivity index (χ4v) is 5.19. The van der Waals surface area contributed by atoms with E-state index in [0.717, 1.165) is 33.8 Å². The van der Waals surface area contributed by atoms with Gasteiger partial charge in [0.05, 0.1) is 17.4 Å². The van der Waals surface area contributed by atoms with E-state index < -0.39 is 6.04 Å². The zero-order chi connectivity index (χ0) is 24.7. The number of anilines is 2. The van der Waals surface area contributed by atoms with Crippen LogP contribution in [0.2, 0.25) is 0 Å². The Morgan fingerprint density at radius 3 is 2.37 bits per heavy atom. The van der Waals surface area contributed by atoms with Gasteiger partial charge in [0, 0.05) is 23.6 Å². The fourth-order valence-electron chi connectivity index (χ4n) is 5.19. The highest BCUT2D eigenvalue weighted by Crippen LogP contribution is 2.48. The SMILES string of the molecule is Cc1ccc2c(c1)N(C(=O)C(C)C)[C@H](c1ccc(F)cc1)C1=C(C[C@@H](c3ccccc3)CC1=O)N2. The van der Waals surface area contributed by atoms with E-state index in [2.05, 4.69) is 17.4 Å². The Balaban J connectivity index is 1.74. The number of aryl methyl sites for hydroxylation is 1. The molecule has 178 valence electrons. The smallest absolute Gasteiger partial charge is 0.230 e. The summed E-state index contributed by atoms with van der Waals surface area (Å²) in [5.41, 5.74) is 5.80. The molecule has 0 saturated carbocycles. The molecule has 5 rings (SSSR count). The maximum absolute atomic E-state index is 13.9. The molecular weight excluding hydrogens is 439 g/mol. The molecule has 1 aliphatic carbocycles. The van der Waals surface area contributed by atoms with Crippen LogP contribution in [-0.2, 0) is 9.59 Å². The Hall–Kier alpha value is -3.73. The van der Waals surface area contributed by atoms with Crippen molar-refractivity contribution in [3.63, 3.8) is 0 Å². The van der Waals surface area contributed by atoms with Gasteiger partial charge < -0.3 is 5.32 Å². The number of halogens is 1. The molecule has 0 spiro atoms. The molecule has 0 saturated heterocycles. The molecule has 0 unspecified atom stereocenters. The summed E-state index contributed by atoms with van der Waals surface area (Å²) in [4.78, 5) is 29.3. The molecule has 0 aromatic heterocycles. The van der Waals surface area contributed by atoms with Crippen LogP contribution in [0, 0.1) is 18.7 Å². The van der Waals surface area contributed by atoms with Gasteiger partial charge in [-0.1, -0.05) is 62.4 Å². The standard InChI is InChI=1S/C30H29FN2O2/c1-18(2)30(35)33-26-15-19(3)9-14-24(26)32-25-16-22(20-7-5-4-6-8-20)17-27(34)28(25)29(33)21-10-12-23(31)13-11-21/h4-15,18,22,29,32H,16-17H2,1-3H3/t22-,29-/m1/s1. The Bertz CT molecular complexity index is 1310. The van der Waals surface area contributed by atoms with Crippen LogP contribution in [0.1, 0.15) is 55.3 Å². The Morgan fingerprint density at radius 1 is 0.971 bits per heavy atom. The normalized spacial score (nSPS) is 19.7. The molecule has 2 aliphatic rings. The number of carbonyl (C=O) groups excluding carboxylic acids is 2. The van der Waals surface area contributed by atoms with E-state index in [4.69, 9.17) is 0 Å². The molecule has 0 fully saturated rings. The van der Waals surface area contributed by atoms with Gasteiger partial charge in [-0.05, 0) is 60.2 Å². The van der Waals surface area contributed by atoms with Gasteiger partial charge in [-0.2, -0.15) is 0 Å². The molecule has 1 aliphatic heterocycles. The number of carbonyl (C=O) groups is 2. The summed E-state index contributed by atoms with van der Waals surface area (Å²) in [7, 11) is 0. The van der Waals surface area contributed by atoms with Crippen LogP contribution in [-0.4, -0.2) is 11.7 Å². The summed E-state index contributed by atoms with van der Waals surface area (Å²) in [5, 5.41) is 3.54. The first kappa shape index (κ1) is 23.0. The lowest BCUT2D eigenvalue weighted by atomic mass is 9.78. The number of allylic oxidation sites excluding steroid dienone is 1. The number of nitrogens with zero attached hydrogens (tertiary/aromatic N) is 1. The molecule has 4 nitrogen and oxygen atoms in total. The highest BCUT2D eigenvalue weighted by molar-refractivity contribution is 6.06. The van der Waals surface area contributed by atoms with Gasteiger partial charge >= 0.3 is 0 Å². The minimum atomic E-state index is -0.639. The zero-order valence-corrected chi connectivity index (χ0v) is 20.2. The molecule has 0 bridgehead atoms. The minimum Gasteiger partial charge on any atom is -0.357 e. The number of nitrogens with one attached hydrogen (secondary N) is 1. The highest BCUT2D eigenvalue weighted by atomic mass is 19.1. The van der Waals surface area contributed by atoms with Gasteiger partial charge in [-0.15, -0.1) is 0 Å². The molecule has 0 radical (unpaired) electrons. The molecule has 3 aromatic carbocycles. The monoisotopic (exact) mass is 468 g/mol. The van der Waals surface area contributed by atoms with Crippen molar-refractivity contribution < 1.29 is 14.0 Å². The topological polar surface area (TPSA) is 49.4 Å². The average molecular weight is 469 g/mol. The van der Waals surface area contributed by atoms with Gasteiger partial charge in [0.15, 0.2) is 5.78 Å². The predicted molar refractivity (Wildman–Crippen MR) is 137 cm³/mol. The lowest BCUT2D eigenvalue weighted by molar-refractivity contribution is -0.121. The number of Topliss-reactive ketones (excluding diaryl/α,β-unsaturated/α-hetero) is 1. The Morgan fingerprint density at radius 2 is 1.69 bits per heavy atom. The summed E-state index contributed by atoms with van der Waals surface area (Å²) >= 11 is 0. The van der Waals surface area contributed by atoms with E-state index in [1.165, 1.54) is 12.1 Å². The van der Waals surface area contributed by atoms with Gasteiger partial charge in [-0.25, -0.2) is 4.39 Å². The number of fused-ring (bicyclic) bond motifs is 1. The number of rotatable bonds is 3. The van der Waals surface area contributed by atoms with Crippen LogP contribution in [0.5, 0.6) is 0 Å². The third-order valence-corrected chi connectivity index (χ3v) is 6.93. The largest absolute Gasteiger partial charge is 0.357 e. The second kappa shape index (κ2) is 9.14. The summed E-state index contributed by atoms with van der Waals surface area (Å²) < 4.78 is 13.9. The first-order chi connectivity index (χ1) is 16.8. The fraction of sp³-hybridized carbons (Fsp3) is 0.267. The number of amides is 1. The molecule has 1 amide bonds. The molecule has 1 heterocycles. The number of benzene rings is 3. The second-order valence-electron chi connectivity index (χ2n) is 9.79. The van der Waals surface area contributed by atoms with Crippen molar-refractivity contribution in [3.05, 3.63) is 107 Å². The third-order valence-electron chi connectivity index (χ3n) is 6.93. The maximum atomic E-state index is 13.9. The van der Waals surface area contributed by atoms with Gasteiger partial charge in [0.2, 0.25) is 5.91 Å². The van der Waals surface area contributed by atoms with E-state index in [1.807, 2.05) is 57.2 Å². The van der Waals surface area contributed by atoms with Gasteiger partial charge in [0.1, 0.15) is 5.82 Å². The third kappa shape index (κ3) is 4.27. The van der Waals surface area contributed by atoms with E-state index in [0.29, 0.717) is 18.4 Å². The van der Waals surface area contributed by atoms with E-state index in [-0.39, 0.29) is 29.3 Å². The summed E-state index contributed by atoms with van der Waals surface area (Å²) in [6.45, 7) is 5.71. The van der Waals surface area contributed by atoms with Crippen molar-refractivity contribution in [1.29, 1.82) is 0 Å². The number of ketones is 1. The van der Waals surface area contributed by atoms with Crippen molar-refractivity contribution in [2.24, 2.45) is 5.92 Å². The van der Waals surface area contributed by atoms with Crippen LogP contribution in [0.4, 0.5) is 15.8 Å². The summed E-state index contributed by atoms with van der Waals surface area (Å²) in [6, 6.07) is 21.5. The van der Waals surface area contributed by atoms with E-state index in [9.17, 15) is 14.0 Å². The van der Waals surface area contributed by atoms with Crippen molar-refractivity contribution in [2.45, 2.75) is 45.6 Å². The van der Waals surface area contributed by atoms with Crippen LogP contribution in [0.3, 0.4) is 0 Å². The Kier molecular flexibility index (Phi) is 6.01. The quantitative estimate of drug-likeness (QED) is 0.466. The van der Waals surface area contributed by atoms with Crippen molar-refractivity contribution in [3.8, 4) is 0 Å². The van der Waals surface area contributed by atoms with Crippen molar-refractivity contribution in [2.75, 3.05) is 10.2 Å². The Labute approximate surface area is 205 Å². The van der Waals surface area contributed by atoms with E-state index in [1.54, 1.807) is 17.0 Å². The van der Waals surface area contributed by atoms with E-state index >= 15 is 0 Å². The lowest BCUT2D eigenvalue weighted by Crippen LogP contribution is -2.40. The summed E-state index contributed by atoms with van der Waals surface area (Å²) in [5.74, 6) is -0.672. The molecule has 35 heavy (non-hydrogen) atoms. The van der Waals surface area contributed by atoms with Crippen molar-refractivity contribution in [1.82, 2.24) is 0 Å².